The fourth-order valence-electron chi connectivity index (χ4n) is 7.53. The van der Waals surface area contributed by atoms with Crippen molar-refractivity contribution in [3.05, 3.63) is 29.8 Å². The number of ether oxygens (including phenoxy) is 2. The first-order valence-electron chi connectivity index (χ1n) is 18.7. The number of nitrogens with two attached hydrogens (primary N) is 1. The zero-order chi connectivity index (χ0) is 40.4. The Balaban J connectivity index is 2.26. The van der Waals surface area contributed by atoms with Gasteiger partial charge < -0.3 is 30.3 Å². The second kappa shape index (κ2) is 20.4. The van der Waals surface area contributed by atoms with Crippen LogP contribution in [0, 0.1) is 23.7 Å². The molecule has 8 atom stereocenters. The van der Waals surface area contributed by atoms with Crippen molar-refractivity contribution in [2.45, 2.75) is 116 Å². The topological polar surface area (TPSA) is 181 Å². The molecule has 1 aromatic rings. The van der Waals surface area contributed by atoms with E-state index in [9.17, 15) is 27.6 Å². The minimum atomic E-state index is -4.02. The molecule has 3 unspecified atom stereocenters. The van der Waals surface area contributed by atoms with Crippen LogP contribution in [-0.2, 0) is 44.4 Å². The minimum Gasteiger partial charge on any atom is -0.399 e. The van der Waals surface area contributed by atoms with Crippen molar-refractivity contribution in [2.24, 2.45) is 23.7 Å². The van der Waals surface area contributed by atoms with Crippen LogP contribution in [0.25, 0.3) is 0 Å². The molecule has 1 heterocycles. The molecule has 0 saturated carbocycles. The number of sulfonamides is 1. The Kier molecular flexibility index (Phi) is 17.7. The molecule has 0 bridgehead atoms. The predicted octanol–water partition coefficient (Wildman–Crippen LogP) is 2.86. The van der Waals surface area contributed by atoms with E-state index >= 15 is 0 Å². The maximum Gasteiger partial charge on any atom is 0.245 e. The van der Waals surface area contributed by atoms with Crippen LogP contribution < -0.4 is 15.8 Å². The van der Waals surface area contributed by atoms with E-state index in [4.69, 9.17) is 15.2 Å². The molecule has 1 aliphatic rings. The number of rotatable bonds is 20. The zero-order valence-corrected chi connectivity index (χ0v) is 34.7. The highest BCUT2D eigenvalue weighted by atomic mass is 32.2. The van der Waals surface area contributed by atoms with Crippen LogP contribution in [0.4, 0.5) is 5.69 Å². The maximum absolute atomic E-state index is 14.2. The molecule has 0 spiro atoms. The van der Waals surface area contributed by atoms with Gasteiger partial charge in [-0.1, -0.05) is 67.0 Å². The fraction of sp³-hybridized carbons (Fsp3) is 0.737. The van der Waals surface area contributed by atoms with Gasteiger partial charge in [0.15, 0.2) is 0 Å². The van der Waals surface area contributed by atoms with Crippen LogP contribution in [0.2, 0.25) is 0 Å². The monoisotopic (exact) mass is 766 g/mol. The van der Waals surface area contributed by atoms with Gasteiger partial charge in [0.2, 0.25) is 33.7 Å². The quantitative estimate of drug-likeness (QED) is 0.167. The third-order valence-corrected chi connectivity index (χ3v) is 11.8. The van der Waals surface area contributed by atoms with E-state index in [1.807, 2.05) is 60.5 Å². The number of hydrogen-bond donors (Lipinski definition) is 3. The number of nitrogens with zero attached hydrogens (tertiary/aromatic N) is 3. The largest absolute Gasteiger partial charge is 0.399 e. The number of benzene rings is 1. The van der Waals surface area contributed by atoms with E-state index in [2.05, 4.69) is 10.0 Å². The second-order valence-corrected chi connectivity index (χ2v) is 17.2. The zero-order valence-electron chi connectivity index (χ0n) is 33.9. The van der Waals surface area contributed by atoms with Crippen LogP contribution >= 0.6 is 0 Å². The van der Waals surface area contributed by atoms with Crippen molar-refractivity contribution < 1.29 is 37.1 Å². The van der Waals surface area contributed by atoms with E-state index in [0.29, 0.717) is 37.1 Å². The number of nitrogens with one attached hydrogen (secondary N) is 2. The molecule has 1 aromatic carbocycles. The van der Waals surface area contributed by atoms with E-state index in [1.165, 1.54) is 14.2 Å². The summed E-state index contributed by atoms with van der Waals surface area (Å²) >= 11 is 0. The van der Waals surface area contributed by atoms with Gasteiger partial charge in [-0.2, -0.15) is 0 Å². The average Bonchev–Trinajstić information content (AvgIpc) is 3.56. The number of carbonyl (C=O) groups is 4. The molecule has 4 amide bonds. The van der Waals surface area contributed by atoms with Crippen LogP contribution in [0.5, 0.6) is 0 Å². The van der Waals surface area contributed by atoms with Gasteiger partial charge >= 0.3 is 0 Å². The number of hydrogen-bond acceptors (Lipinski definition) is 10. The summed E-state index contributed by atoms with van der Waals surface area (Å²) in [5.74, 6) is -2.97. The van der Waals surface area contributed by atoms with Gasteiger partial charge in [-0.25, -0.2) is 8.42 Å². The fourth-order valence-corrected chi connectivity index (χ4v) is 8.72. The van der Waals surface area contributed by atoms with Crippen LogP contribution in [0.3, 0.4) is 0 Å². The first kappa shape index (κ1) is 45.9. The van der Waals surface area contributed by atoms with Crippen LogP contribution in [0.15, 0.2) is 24.3 Å². The number of amides is 4. The van der Waals surface area contributed by atoms with Gasteiger partial charge in [-0.15, -0.1) is 0 Å². The van der Waals surface area contributed by atoms with Crippen molar-refractivity contribution in [3.8, 4) is 0 Å². The molecule has 0 aromatic heterocycles. The molecule has 1 fully saturated rings. The predicted molar refractivity (Wildman–Crippen MR) is 207 cm³/mol. The molecule has 1 saturated heterocycles. The molecule has 0 aliphatic carbocycles. The summed E-state index contributed by atoms with van der Waals surface area (Å²) in [5.41, 5.74) is 6.68. The van der Waals surface area contributed by atoms with Crippen molar-refractivity contribution >= 4 is 39.3 Å². The Morgan fingerprint density at radius 1 is 0.943 bits per heavy atom. The normalized spacial score (nSPS) is 19.0. The molecular weight excluding hydrogens is 701 g/mol. The third kappa shape index (κ3) is 12.4. The summed E-state index contributed by atoms with van der Waals surface area (Å²) in [4.78, 5) is 60.1. The molecular formula is C38H66N6O8S. The SMILES string of the molecule is CCC(C)C([C@@H](CC(=O)N1CCC[C@H]1[C@H](OC)[C@@H](C)C(=O)NS(=O)(=O)Cc1ccc(N)cc1)OC)N(C)C(=O)[C@@H](NC(=O)C(C(C)C)N(C)C)C(C)C. The van der Waals surface area contributed by atoms with Crippen LogP contribution in [0.1, 0.15) is 79.7 Å². The van der Waals surface area contributed by atoms with Crippen molar-refractivity contribution in [1.29, 1.82) is 0 Å². The smallest absolute Gasteiger partial charge is 0.245 e. The molecule has 1 aliphatic heterocycles. The van der Waals surface area contributed by atoms with Crippen molar-refractivity contribution in [3.63, 3.8) is 0 Å². The third-order valence-electron chi connectivity index (χ3n) is 10.5. The molecule has 14 nitrogen and oxygen atoms in total. The standard InChI is InChI=1S/C38H66N6O8S/c1-13-25(6)34(43(10)38(48)32(23(2)3)40-37(47)33(24(4)5)42(8)9)30(51-11)21-31(45)44-20-14-15-29(44)35(52-12)26(7)36(46)41-53(49,50)22-27-16-18-28(39)19-17-27/h16-19,23-26,29-30,32-35H,13-15,20-22,39H2,1-12H3,(H,40,47)(H,41,46)/t25?,26-,29+,30-,32+,33?,34?,35-/m1/s1. The Labute approximate surface area is 317 Å². The average molecular weight is 767 g/mol. The number of carbonyl (C=O) groups excluding carboxylic acids is 4. The Morgan fingerprint density at radius 3 is 2.04 bits per heavy atom. The maximum atomic E-state index is 14.2. The van der Waals surface area contributed by atoms with Gasteiger partial charge in [0.25, 0.3) is 0 Å². The van der Waals surface area contributed by atoms with E-state index < -0.39 is 64.0 Å². The van der Waals surface area contributed by atoms with Gasteiger partial charge in [0.05, 0.1) is 48.4 Å². The van der Waals surface area contributed by atoms with Gasteiger partial charge in [0.1, 0.15) is 6.04 Å². The number of likely N-dealkylation sites (tertiary alicyclic amines) is 1. The van der Waals surface area contributed by atoms with Crippen molar-refractivity contribution in [1.82, 2.24) is 24.7 Å². The lowest BCUT2D eigenvalue weighted by Gasteiger charge is -2.41. The molecule has 15 heteroatoms. The minimum absolute atomic E-state index is 0.0280. The van der Waals surface area contributed by atoms with E-state index in [0.717, 1.165) is 0 Å². The molecule has 4 N–H and O–H groups in total. The lowest BCUT2D eigenvalue weighted by molar-refractivity contribution is -0.148. The summed E-state index contributed by atoms with van der Waals surface area (Å²) in [6.45, 7) is 13.8. The highest BCUT2D eigenvalue weighted by Crippen LogP contribution is 2.30. The highest BCUT2D eigenvalue weighted by molar-refractivity contribution is 7.89. The van der Waals surface area contributed by atoms with Crippen LogP contribution in [-0.4, -0.2) is 125 Å². The highest BCUT2D eigenvalue weighted by Gasteiger charge is 2.43. The summed E-state index contributed by atoms with van der Waals surface area (Å²) in [7, 11) is 4.32. The molecule has 2 rings (SSSR count). The Morgan fingerprint density at radius 2 is 1.55 bits per heavy atom. The Bertz CT molecular complexity index is 1460. The number of methoxy groups -OCH3 is 2. The lowest BCUT2D eigenvalue weighted by Crippen LogP contribution is -2.59. The summed E-state index contributed by atoms with van der Waals surface area (Å²) in [5, 5.41) is 3.01. The summed E-state index contributed by atoms with van der Waals surface area (Å²) < 4.78 is 39.7. The first-order chi connectivity index (χ1) is 24.7. The van der Waals surface area contributed by atoms with Gasteiger partial charge in [0, 0.05) is 33.5 Å². The first-order valence-corrected chi connectivity index (χ1v) is 20.3. The molecule has 0 radical (unpaired) electrons. The molecule has 302 valence electrons. The van der Waals surface area contributed by atoms with Gasteiger partial charge in [-0.3, -0.25) is 28.8 Å². The van der Waals surface area contributed by atoms with E-state index in [-0.39, 0.29) is 41.9 Å². The Hall–Kier alpha value is -3.27. The van der Waals surface area contributed by atoms with E-state index in [1.54, 1.807) is 48.0 Å². The summed E-state index contributed by atoms with van der Waals surface area (Å²) in [6.07, 6.45) is 0.437. The second-order valence-electron chi connectivity index (χ2n) is 15.4. The lowest BCUT2D eigenvalue weighted by atomic mass is 9.89. The number of likely N-dealkylation sites (N-methyl/N-ethyl adjacent to an activating group) is 2. The van der Waals surface area contributed by atoms with Crippen molar-refractivity contribution in [2.75, 3.05) is 47.6 Å². The number of anilines is 1. The summed E-state index contributed by atoms with van der Waals surface area (Å²) in [6, 6.07) is 4.17. The molecule has 53 heavy (non-hydrogen) atoms. The van der Waals surface area contributed by atoms with Gasteiger partial charge in [-0.05, 0) is 62.4 Å². The number of nitrogen functional groups attached to an aromatic ring is 1.